The molecule has 0 spiro atoms. The van der Waals surface area contributed by atoms with Crippen molar-refractivity contribution in [3.05, 3.63) is 62.1 Å². The molecule has 1 N–H and O–H groups in total. The van der Waals surface area contributed by atoms with E-state index in [2.05, 4.69) is 5.32 Å². The Bertz CT molecular complexity index is 765. The zero-order valence-corrected chi connectivity index (χ0v) is 13.5. The van der Waals surface area contributed by atoms with Crippen molar-refractivity contribution < 1.29 is 14.5 Å². The molecule has 0 radical (unpaired) electrons. The number of amides is 1. The van der Waals surface area contributed by atoms with E-state index in [4.69, 9.17) is 27.9 Å². The SMILES string of the molecule is CCOc1ccc(Cl)cc1C(=O)Nc1cc([N+](=O)[O-])ccc1Cl. The molecule has 0 bridgehead atoms. The molecule has 0 atom stereocenters. The van der Waals surface area contributed by atoms with Crippen molar-refractivity contribution in [2.75, 3.05) is 11.9 Å². The van der Waals surface area contributed by atoms with E-state index in [1.165, 1.54) is 24.3 Å². The van der Waals surface area contributed by atoms with E-state index in [1.54, 1.807) is 19.1 Å². The van der Waals surface area contributed by atoms with Gasteiger partial charge >= 0.3 is 0 Å². The van der Waals surface area contributed by atoms with Crippen LogP contribution in [0.1, 0.15) is 17.3 Å². The van der Waals surface area contributed by atoms with Crippen LogP contribution in [0, 0.1) is 10.1 Å². The van der Waals surface area contributed by atoms with Gasteiger partial charge in [0.25, 0.3) is 11.6 Å². The highest BCUT2D eigenvalue weighted by atomic mass is 35.5. The Hall–Kier alpha value is -2.31. The molecule has 120 valence electrons. The van der Waals surface area contributed by atoms with Crippen molar-refractivity contribution in [1.29, 1.82) is 0 Å². The molecule has 0 heterocycles. The third-order valence-electron chi connectivity index (χ3n) is 2.90. The first-order valence-electron chi connectivity index (χ1n) is 6.60. The molecule has 0 aliphatic heterocycles. The van der Waals surface area contributed by atoms with Gasteiger partial charge in [0.15, 0.2) is 0 Å². The first-order chi connectivity index (χ1) is 10.9. The van der Waals surface area contributed by atoms with Gasteiger partial charge in [-0.05, 0) is 31.2 Å². The normalized spacial score (nSPS) is 10.2. The van der Waals surface area contributed by atoms with Gasteiger partial charge in [0.1, 0.15) is 5.75 Å². The Morgan fingerprint density at radius 3 is 2.65 bits per heavy atom. The number of benzene rings is 2. The van der Waals surface area contributed by atoms with Crippen molar-refractivity contribution >= 4 is 40.5 Å². The molecule has 2 aromatic carbocycles. The number of non-ortho nitro benzene ring substituents is 1. The van der Waals surface area contributed by atoms with Gasteiger partial charge < -0.3 is 10.1 Å². The second kappa shape index (κ2) is 7.30. The number of nitrogens with one attached hydrogen (secondary N) is 1. The zero-order chi connectivity index (χ0) is 17.0. The number of nitro benzene ring substituents is 1. The Labute approximate surface area is 142 Å². The first kappa shape index (κ1) is 17.1. The van der Waals surface area contributed by atoms with E-state index < -0.39 is 10.8 Å². The highest BCUT2D eigenvalue weighted by molar-refractivity contribution is 6.34. The van der Waals surface area contributed by atoms with E-state index in [0.717, 1.165) is 0 Å². The highest BCUT2D eigenvalue weighted by Crippen LogP contribution is 2.29. The monoisotopic (exact) mass is 354 g/mol. The number of ether oxygens (including phenoxy) is 1. The van der Waals surface area contributed by atoms with E-state index in [0.29, 0.717) is 17.4 Å². The summed E-state index contributed by atoms with van der Waals surface area (Å²) in [5, 5.41) is 13.9. The van der Waals surface area contributed by atoms with Gasteiger partial charge in [-0.25, -0.2) is 0 Å². The summed E-state index contributed by atoms with van der Waals surface area (Å²) in [7, 11) is 0. The number of rotatable bonds is 5. The molecule has 0 saturated heterocycles. The maximum atomic E-state index is 12.4. The minimum Gasteiger partial charge on any atom is -0.493 e. The molecule has 0 unspecified atom stereocenters. The Kier molecular flexibility index (Phi) is 5.41. The Morgan fingerprint density at radius 2 is 2.00 bits per heavy atom. The number of hydrogen-bond donors (Lipinski definition) is 1. The first-order valence-corrected chi connectivity index (χ1v) is 7.35. The summed E-state index contributed by atoms with van der Waals surface area (Å²) in [6.45, 7) is 2.16. The lowest BCUT2D eigenvalue weighted by Crippen LogP contribution is -2.14. The van der Waals surface area contributed by atoms with E-state index in [1.807, 2.05) is 0 Å². The standard InChI is InChI=1S/C15H12Cl2N2O4/c1-2-23-14-6-3-9(16)7-11(14)15(20)18-13-8-10(19(21)22)4-5-12(13)17/h3-8H,2H2,1H3,(H,18,20). The minimum absolute atomic E-state index is 0.133. The van der Waals surface area contributed by atoms with Crippen LogP contribution < -0.4 is 10.1 Å². The van der Waals surface area contributed by atoms with Gasteiger partial charge in [0.05, 0.1) is 27.8 Å². The number of nitrogens with zero attached hydrogens (tertiary/aromatic N) is 1. The number of carbonyl (C=O) groups is 1. The maximum absolute atomic E-state index is 12.4. The molecule has 0 aliphatic carbocycles. The number of hydrogen-bond acceptors (Lipinski definition) is 4. The fourth-order valence-electron chi connectivity index (χ4n) is 1.87. The van der Waals surface area contributed by atoms with Crippen molar-refractivity contribution in [2.45, 2.75) is 6.92 Å². The van der Waals surface area contributed by atoms with E-state index >= 15 is 0 Å². The van der Waals surface area contributed by atoms with Gasteiger partial charge in [-0.2, -0.15) is 0 Å². The van der Waals surface area contributed by atoms with Crippen molar-refractivity contribution in [3.8, 4) is 5.75 Å². The van der Waals surface area contributed by atoms with Gasteiger partial charge in [-0.3, -0.25) is 14.9 Å². The van der Waals surface area contributed by atoms with Crippen LogP contribution in [0.25, 0.3) is 0 Å². The summed E-state index contributed by atoms with van der Waals surface area (Å²) in [5.74, 6) is -0.172. The lowest BCUT2D eigenvalue weighted by molar-refractivity contribution is -0.384. The topological polar surface area (TPSA) is 81.5 Å². The molecule has 1 amide bonds. The fraction of sp³-hybridized carbons (Fsp3) is 0.133. The van der Waals surface area contributed by atoms with Crippen LogP contribution in [-0.4, -0.2) is 17.4 Å². The van der Waals surface area contributed by atoms with Gasteiger partial charge in [-0.1, -0.05) is 23.2 Å². The predicted octanol–water partition coefficient (Wildman–Crippen LogP) is 4.55. The molecule has 0 saturated carbocycles. The van der Waals surface area contributed by atoms with Crippen LogP contribution in [0.4, 0.5) is 11.4 Å². The molecule has 8 heteroatoms. The minimum atomic E-state index is -0.572. The van der Waals surface area contributed by atoms with Gasteiger partial charge in [-0.15, -0.1) is 0 Å². The maximum Gasteiger partial charge on any atom is 0.271 e. The van der Waals surface area contributed by atoms with Crippen LogP contribution >= 0.6 is 23.2 Å². The van der Waals surface area contributed by atoms with Crippen LogP contribution in [0.2, 0.25) is 10.0 Å². The third kappa shape index (κ3) is 4.12. The summed E-state index contributed by atoms with van der Waals surface area (Å²) >= 11 is 11.9. The molecule has 0 aromatic heterocycles. The average Bonchev–Trinajstić information content (AvgIpc) is 2.51. The van der Waals surface area contributed by atoms with Crippen LogP contribution in [0.15, 0.2) is 36.4 Å². The predicted molar refractivity (Wildman–Crippen MR) is 88.7 cm³/mol. The molecule has 2 aromatic rings. The molecule has 6 nitrogen and oxygen atoms in total. The third-order valence-corrected chi connectivity index (χ3v) is 3.46. The van der Waals surface area contributed by atoms with Crippen molar-refractivity contribution in [2.24, 2.45) is 0 Å². The molecule has 0 aliphatic rings. The van der Waals surface area contributed by atoms with E-state index in [9.17, 15) is 14.9 Å². The fourth-order valence-corrected chi connectivity index (χ4v) is 2.21. The highest BCUT2D eigenvalue weighted by Gasteiger charge is 2.17. The van der Waals surface area contributed by atoms with Crippen molar-refractivity contribution in [1.82, 2.24) is 0 Å². The van der Waals surface area contributed by atoms with Gasteiger partial charge in [0.2, 0.25) is 0 Å². The Balaban J connectivity index is 2.34. The van der Waals surface area contributed by atoms with Crippen LogP contribution in [-0.2, 0) is 0 Å². The second-order valence-corrected chi connectivity index (χ2v) is 5.29. The van der Waals surface area contributed by atoms with Crippen LogP contribution in [0.5, 0.6) is 5.75 Å². The molecule has 23 heavy (non-hydrogen) atoms. The molecular formula is C15H12Cl2N2O4. The number of carbonyl (C=O) groups excluding carboxylic acids is 1. The summed E-state index contributed by atoms with van der Waals surface area (Å²) in [6.07, 6.45) is 0. The zero-order valence-electron chi connectivity index (χ0n) is 12.0. The number of halogens is 2. The quantitative estimate of drug-likeness (QED) is 0.630. The largest absolute Gasteiger partial charge is 0.493 e. The average molecular weight is 355 g/mol. The van der Waals surface area contributed by atoms with Crippen LogP contribution in [0.3, 0.4) is 0 Å². The summed E-state index contributed by atoms with van der Waals surface area (Å²) in [4.78, 5) is 22.7. The summed E-state index contributed by atoms with van der Waals surface area (Å²) < 4.78 is 5.38. The lowest BCUT2D eigenvalue weighted by Gasteiger charge is -2.12. The van der Waals surface area contributed by atoms with Gasteiger partial charge in [0, 0.05) is 17.2 Å². The number of anilines is 1. The lowest BCUT2D eigenvalue weighted by atomic mass is 10.1. The van der Waals surface area contributed by atoms with E-state index in [-0.39, 0.29) is 22.0 Å². The molecular weight excluding hydrogens is 343 g/mol. The smallest absolute Gasteiger partial charge is 0.271 e. The Morgan fingerprint density at radius 1 is 1.26 bits per heavy atom. The summed E-state index contributed by atoms with van der Waals surface area (Å²) in [6, 6.07) is 8.41. The number of nitro groups is 1. The molecule has 0 fully saturated rings. The van der Waals surface area contributed by atoms with Crippen molar-refractivity contribution in [3.63, 3.8) is 0 Å². The molecule has 2 rings (SSSR count). The summed E-state index contributed by atoms with van der Waals surface area (Å²) in [5.41, 5.74) is 0.163. The second-order valence-electron chi connectivity index (χ2n) is 4.45.